The van der Waals surface area contributed by atoms with E-state index in [0.29, 0.717) is 19.4 Å². The molecule has 32 heavy (non-hydrogen) atoms. The van der Waals surface area contributed by atoms with E-state index < -0.39 is 47.7 Å². The number of piperidine rings is 1. The van der Waals surface area contributed by atoms with Gasteiger partial charge in [-0.15, -0.1) is 0 Å². The molecule has 3 N–H and O–H groups in total. The van der Waals surface area contributed by atoms with Crippen LogP contribution in [0.4, 0.5) is 26.3 Å². The number of hydrazine groups is 1. The average molecular weight is 462 g/mol. The Kier molecular flexibility index (Phi) is 7.89. The maximum atomic E-state index is 12.9. The van der Waals surface area contributed by atoms with E-state index in [-0.39, 0.29) is 11.1 Å². The molecule has 0 spiro atoms. The monoisotopic (exact) mass is 462 g/mol. The highest BCUT2D eigenvalue weighted by molar-refractivity contribution is 5.84. The fraction of sp³-hybridized carbons (Fsp3) is 0.333. The highest BCUT2D eigenvalue weighted by atomic mass is 19.4. The van der Waals surface area contributed by atoms with Crippen LogP contribution < -0.4 is 5.84 Å². The smallest absolute Gasteiger partial charge is 0.416 e. The largest absolute Gasteiger partial charge is 0.481 e. The Balaban J connectivity index is 0.000000235. The van der Waals surface area contributed by atoms with Gasteiger partial charge in [0.2, 0.25) is 5.91 Å². The summed E-state index contributed by atoms with van der Waals surface area (Å²) in [5.74, 6) is 2.95. The van der Waals surface area contributed by atoms with E-state index in [0.717, 1.165) is 23.2 Å². The lowest BCUT2D eigenvalue weighted by Gasteiger charge is -2.30. The molecule has 0 radical (unpaired) electrons. The minimum atomic E-state index is -4.49. The van der Waals surface area contributed by atoms with Crippen molar-refractivity contribution in [2.24, 2.45) is 5.84 Å². The normalized spacial score (nSPS) is 16.9. The van der Waals surface area contributed by atoms with Crippen molar-refractivity contribution in [1.29, 1.82) is 0 Å². The Morgan fingerprint density at radius 3 is 2.06 bits per heavy atom. The summed E-state index contributed by atoms with van der Waals surface area (Å²) in [6.45, 7) is 0.392. The van der Waals surface area contributed by atoms with Gasteiger partial charge >= 0.3 is 18.3 Å². The van der Waals surface area contributed by atoms with Gasteiger partial charge in [0.05, 0.1) is 23.5 Å². The molecule has 1 fully saturated rings. The highest BCUT2D eigenvalue weighted by Crippen LogP contribution is 2.38. The number of alkyl halides is 6. The maximum absolute atomic E-state index is 12.9. The zero-order valence-electron chi connectivity index (χ0n) is 16.6. The van der Waals surface area contributed by atoms with Gasteiger partial charge in [0.1, 0.15) is 0 Å². The SMILES string of the molecule is NN1CCCC(c2ccccc2C(F)(F)F)C1=O.O=C(O)Cc1ccccc1C(F)(F)F. The number of benzene rings is 2. The molecular weight excluding hydrogens is 442 g/mol. The van der Waals surface area contributed by atoms with Crippen molar-refractivity contribution in [2.75, 3.05) is 6.54 Å². The van der Waals surface area contributed by atoms with Crippen LogP contribution in [0, 0.1) is 0 Å². The zero-order chi connectivity index (χ0) is 24.1. The van der Waals surface area contributed by atoms with E-state index in [9.17, 15) is 35.9 Å². The molecule has 5 nitrogen and oxygen atoms in total. The van der Waals surface area contributed by atoms with Crippen molar-refractivity contribution >= 4 is 11.9 Å². The van der Waals surface area contributed by atoms with Crippen molar-refractivity contribution < 1.29 is 41.0 Å². The summed E-state index contributed by atoms with van der Waals surface area (Å²) in [5, 5.41) is 9.39. The van der Waals surface area contributed by atoms with Gasteiger partial charge in [0.15, 0.2) is 0 Å². The van der Waals surface area contributed by atoms with E-state index in [1.807, 2.05) is 0 Å². The highest BCUT2D eigenvalue weighted by Gasteiger charge is 2.38. The summed E-state index contributed by atoms with van der Waals surface area (Å²) in [7, 11) is 0. The number of amides is 1. The Morgan fingerprint density at radius 1 is 0.969 bits per heavy atom. The van der Waals surface area contributed by atoms with Gasteiger partial charge in [-0.1, -0.05) is 36.4 Å². The number of rotatable bonds is 3. The summed E-state index contributed by atoms with van der Waals surface area (Å²) in [6.07, 6.45) is -8.55. The molecule has 2 aromatic carbocycles. The molecule has 1 amide bonds. The van der Waals surface area contributed by atoms with Crippen LogP contribution in [0.25, 0.3) is 0 Å². The van der Waals surface area contributed by atoms with E-state index in [1.54, 1.807) is 0 Å². The number of carbonyl (C=O) groups excluding carboxylic acids is 1. The minimum Gasteiger partial charge on any atom is -0.481 e. The lowest BCUT2D eigenvalue weighted by atomic mass is 9.87. The van der Waals surface area contributed by atoms with Crippen molar-refractivity contribution in [1.82, 2.24) is 5.01 Å². The molecule has 0 aliphatic carbocycles. The van der Waals surface area contributed by atoms with Crippen LogP contribution in [0.5, 0.6) is 0 Å². The molecule has 1 aliphatic heterocycles. The number of nitrogens with two attached hydrogens (primary N) is 1. The van der Waals surface area contributed by atoms with Crippen LogP contribution in [0.3, 0.4) is 0 Å². The first kappa shape index (κ1) is 25.2. The Labute approximate surface area is 179 Å². The van der Waals surface area contributed by atoms with Gasteiger partial charge in [-0.05, 0) is 36.1 Å². The second-order valence-corrected chi connectivity index (χ2v) is 7.04. The quantitative estimate of drug-likeness (QED) is 0.396. The van der Waals surface area contributed by atoms with Gasteiger partial charge in [-0.2, -0.15) is 26.3 Å². The van der Waals surface area contributed by atoms with Crippen LogP contribution in [0.15, 0.2) is 48.5 Å². The standard InChI is InChI=1S/C12H13F3N2O.C9H7F3O2/c13-12(14,15)10-6-2-1-4-8(10)9-5-3-7-17(16)11(9)18;10-9(11,12)7-4-2-1-3-6(7)5-8(13)14/h1-2,4,6,9H,3,5,7,16H2;1-4H,5H2,(H,13,14). The number of aliphatic carboxylic acids is 1. The van der Waals surface area contributed by atoms with Crippen molar-refractivity contribution in [3.8, 4) is 0 Å². The lowest BCUT2D eigenvalue weighted by Crippen LogP contribution is -2.45. The molecule has 1 heterocycles. The molecule has 0 saturated carbocycles. The zero-order valence-corrected chi connectivity index (χ0v) is 16.6. The molecule has 3 rings (SSSR count). The predicted molar refractivity (Wildman–Crippen MR) is 102 cm³/mol. The van der Waals surface area contributed by atoms with Gasteiger partial charge in [-0.3, -0.25) is 14.6 Å². The van der Waals surface area contributed by atoms with Crippen LogP contribution in [0.1, 0.15) is 41.0 Å². The van der Waals surface area contributed by atoms with E-state index >= 15 is 0 Å². The average Bonchev–Trinajstić information content (AvgIpc) is 2.69. The maximum Gasteiger partial charge on any atom is 0.416 e. The Morgan fingerprint density at radius 2 is 1.50 bits per heavy atom. The van der Waals surface area contributed by atoms with E-state index in [1.165, 1.54) is 30.3 Å². The van der Waals surface area contributed by atoms with E-state index in [4.69, 9.17) is 10.9 Å². The first-order valence-electron chi connectivity index (χ1n) is 9.41. The Hall–Kier alpha value is -3.08. The third kappa shape index (κ3) is 6.46. The Bertz CT molecular complexity index is 959. The second kappa shape index (κ2) is 10.0. The number of hydrogen-bond donors (Lipinski definition) is 2. The number of hydrogen-bond acceptors (Lipinski definition) is 3. The third-order valence-corrected chi connectivity index (χ3v) is 4.78. The molecule has 174 valence electrons. The van der Waals surface area contributed by atoms with E-state index in [2.05, 4.69) is 0 Å². The molecule has 0 bridgehead atoms. The number of nitrogens with zero attached hydrogens (tertiary/aromatic N) is 1. The number of carbonyl (C=O) groups is 2. The van der Waals surface area contributed by atoms with Crippen molar-refractivity contribution in [2.45, 2.75) is 37.5 Å². The van der Waals surface area contributed by atoms with Gasteiger partial charge in [0, 0.05) is 6.54 Å². The number of halogens is 6. The van der Waals surface area contributed by atoms with Crippen molar-refractivity contribution in [3.05, 3.63) is 70.8 Å². The van der Waals surface area contributed by atoms with Crippen LogP contribution in [-0.4, -0.2) is 28.5 Å². The fourth-order valence-electron chi connectivity index (χ4n) is 3.36. The summed E-state index contributed by atoms with van der Waals surface area (Å²) in [6, 6.07) is 9.83. The van der Waals surface area contributed by atoms with Crippen LogP contribution in [-0.2, 0) is 28.4 Å². The molecule has 1 atom stereocenters. The lowest BCUT2D eigenvalue weighted by molar-refractivity contribution is -0.141. The van der Waals surface area contributed by atoms with Crippen LogP contribution in [0.2, 0.25) is 0 Å². The first-order chi connectivity index (χ1) is 14.8. The molecule has 1 aliphatic rings. The van der Waals surface area contributed by atoms with Gasteiger partial charge in [-0.25, -0.2) is 5.84 Å². The summed E-state index contributed by atoms with van der Waals surface area (Å²) in [4.78, 5) is 22.1. The fourth-order valence-corrected chi connectivity index (χ4v) is 3.36. The first-order valence-corrected chi connectivity index (χ1v) is 9.41. The number of carboxylic acids is 1. The van der Waals surface area contributed by atoms with Crippen LogP contribution >= 0.6 is 0 Å². The van der Waals surface area contributed by atoms with Gasteiger partial charge in [0.25, 0.3) is 0 Å². The summed E-state index contributed by atoms with van der Waals surface area (Å²) in [5.41, 5.74) is -1.83. The molecule has 11 heteroatoms. The molecule has 2 aromatic rings. The van der Waals surface area contributed by atoms with Gasteiger partial charge < -0.3 is 5.11 Å². The summed E-state index contributed by atoms with van der Waals surface area (Å²) >= 11 is 0. The molecule has 1 unspecified atom stereocenters. The van der Waals surface area contributed by atoms with Crippen molar-refractivity contribution in [3.63, 3.8) is 0 Å². The summed E-state index contributed by atoms with van der Waals surface area (Å²) < 4.78 is 75.5. The molecule has 0 aromatic heterocycles. The molecule has 1 saturated heterocycles. The topological polar surface area (TPSA) is 83.6 Å². The minimum absolute atomic E-state index is 0.0187. The number of carboxylic acid groups (broad SMARTS) is 1. The second-order valence-electron chi connectivity index (χ2n) is 7.04. The molecular formula is C21H20F6N2O3. The predicted octanol–water partition coefficient (Wildman–Crippen LogP) is 4.62. The third-order valence-electron chi connectivity index (χ3n) is 4.78.